The molecule has 10 heteroatoms. The van der Waals surface area contributed by atoms with E-state index < -0.39 is 6.04 Å². The summed E-state index contributed by atoms with van der Waals surface area (Å²) in [4.78, 5) is 45.4. The topological polar surface area (TPSA) is 127 Å². The molecule has 276 valence electrons. The van der Waals surface area contributed by atoms with Crippen molar-refractivity contribution in [3.8, 4) is 5.75 Å². The number of hydrogen-bond acceptors (Lipinski definition) is 6. The van der Waals surface area contributed by atoms with Gasteiger partial charge in [0.05, 0.1) is 5.56 Å². The van der Waals surface area contributed by atoms with Crippen molar-refractivity contribution >= 4 is 42.0 Å². The highest BCUT2D eigenvalue weighted by Gasteiger charge is 2.33. The molecule has 6 rings (SSSR count). The minimum atomic E-state index is -0.619. The molecular weight excluding hydrogens is 665 g/mol. The summed E-state index contributed by atoms with van der Waals surface area (Å²) in [5, 5.41) is 14.4. The zero-order chi connectivity index (χ0) is 37.5. The summed E-state index contributed by atoms with van der Waals surface area (Å²) in [5.41, 5.74) is 5.21. The predicted octanol–water partition coefficient (Wildman–Crippen LogP) is 7.22. The molecule has 2 aliphatic heterocycles. The van der Waals surface area contributed by atoms with E-state index in [-0.39, 0.29) is 40.5 Å². The van der Waals surface area contributed by atoms with Crippen LogP contribution in [0.2, 0.25) is 0 Å². The minimum Gasteiger partial charge on any atom is -0.490 e. The minimum absolute atomic E-state index is 0.0633. The normalized spacial score (nSPS) is 20.5. The molecule has 1 aliphatic carbocycles. The Hall–Kier alpha value is -5.51. The Bertz CT molecular complexity index is 1890. The van der Waals surface area contributed by atoms with E-state index >= 15 is 0 Å². The monoisotopic (exact) mass is 714 g/mol. The zero-order valence-corrected chi connectivity index (χ0v) is 30.9. The molecule has 2 amide bonds. The molecule has 3 fully saturated rings. The van der Waals surface area contributed by atoms with Gasteiger partial charge in [0.2, 0.25) is 11.9 Å². The van der Waals surface area contributed by atoms with E-state index in [9.17, 15) is 14.4 Å². The van der Waals surface area contributed by atoms with Gasteiger partial charge in [-0.1, -0.05) is 62.9 Å². The fourth-order valence-electron chi connectivity index (χ4n) is 7.19. The first-order chi connectivity index (χ1) is 25.5. The number of nitrogens with one attached hydrogen (secondary N) is 3. The number of guanidine groups is 1. The fraction of sp³-hybridized carbons (Fsp3) is 0.372. The number of piperidine rings is 2. The molecule has 2 heterocycles. The van der Waals surface area contributed by atoms with Crippen molar-refractivity contribution in [2.24, 2.45) is 4.99 Å². The summed E-state index contributed by atoms with van der Waals surface area (Å²) >= 11 is 0. The summed E-state index contributed by atoms with van der Waals surface area (Å²) in [5.74, 6) is 0.527. The highest BCUT2D eigenvalue weighted by molar-refractivity contribution is 6.04. The van der Waals surface area contributed by atoms with Gasteiger partial charge < -0.3 is 25.2 Å². The lowest BCUT2D eigenvalue weighted by Gasteiger charge is -2.37. The summed E-state index contributed by atoms with van der Waals surface area (Å²) in [6, 6.07) is 21.5. The summed E-state index contributed by atoms with van der Waals surface area (Å²) in [7, 11) is 1.59. The number of allylic oxidation sites excluding steroid dienone is 2. The lowest BCUT2D eigenvalue weighted by atomic mass is 9.78. The number of carbonyl (C=O) groups excluding carboxylic acids is 3. The second-order valence-corrected chi connectivity index (χ2v) is 14.8. The number of nitrogens with zero attached hydrogens (tertiary/aromatic N) is 3. The number of ether oxygens (including phenoxy) is 1. The van der Waals surface area contributed by atoms with Crippen LogP contribution in [0.15, 0.2) is 90.1 Å². The van der Waals surface area contributed by atoms with Gasteiger partial charge in [-0.25, -0.2) is 4.99 Å². The maximum atomic E-state index is 13.4. The highest BCUT2D eigenvalue weighted by atomic mass is 16.5. The summed E-state index contributed by atoms with van der Waals surface area (Å²) < 4.78 is 6.29. The molecule has 3 aromatic rings. The first-order valence-electron chi connectivity index (χ1n) is 18.6. The van der Waals surface area contributed by atoms with Crippen molar-refractivity contribution in [1.29, 1.82) is 5.41 Å². The van der Waals surface area contributed by atoms with Crippen LogP contribution in [0.25, 0.3) is 6.08 Å². The first-order valence-corrected chi connectivity index (χ1v) is 18.6. The van der Waals surface area contributed by atoms with Crippen LogP contribution < -0.4 is 15.4 Å². The Labute approximate surface area is 312 Å². The molecule has 3 aromatic carbocycles. The Morgan fingerprint density at radius 1 is 1.04 bits per heavy atom. The standard InChI is InChI=1S/C43H50N6O4/c1-29-10-21-39(40(51)46-29)48(4)41(52)38-27-34(18-13-31(38)28-50)47-35-25-37(26-35)53-36-19-16-33(17-20-36)43(2,3)32-14-11-30(12-15-32)9-8-22-45-42(44)49-23-6-5-7-24-49/h8-9,11-20,22,27-28,35,37,39,44,47H,1,5-7,10,21,23-26H2,2-4H3,(H,46,51)/b9-8+,44-42?,45-22?. The van der Waals surface area contributed by atoms with E-state index in [1.165, 1.54) is 22.4 Å². The van der Waals surface area contributed by atoms with Crippen molar-refractivity contribution < 1.29 is 19.1 Å². The molecular formula is C43H50N6O4. The van der Waals surface area contributed by atoms with Gasteiger partial charge in [-0.05, 0) is 85.2 Å². The van der Waals surface area contributed by atoms with Crippen LogP contribution >= 0.6 is 0 Å². The van der Waals surface area contributed by atoms with Gasteiger partial charge in [-0.3, -0.25) is 19.8 Å². The fourth-order valence-corrected chi connectivity index (χ4v) is 7.19. The average Bonchev–Trinajstić information content (AvgIpc) is 3.15. The van der Waals surface area contributed by atoms with Crippen LogP contribution in [0.1, 0.15) is 96.2 Å². The zero-order valence-electron chi connectivity index (χ0n) is 30.9. The molecule has 53 heavy (non-hydrogen) atoms. The smallest absolute Gasteiger partial charge is 0.255 e. The Balaban J connectivity index is 0.987. The van der Waals surface area contributed by atoms with Crippen molar-refractivity contribution in [2.75, 3.05) is 25.5 Å². The van der Waals surface area contributed by atoms with Crippen molar-refractivity contribution in [3.05, 3.63) is 113 Å². The second kappa shape index (κ2) is 16.4. The van der Waals surface area contributed by atoms with Gasteiger partial charge in [0.1, 0.15) is 17.9 Å². The number of carbonyl (C=O) groups is 3. The maximum absolute atomic E-state index is 13.4. The number of hydrogen-bond donors (Lipinski definition) is 3. The molecule has 0 radical (unpaired) electrons. The van der Waals surface area contributed by atoms with E-state index in [1.54, 1.807) is 31.5 Å². The molecule has 1 unspecified atom stereocenters. The number of anilines is 1. The van der Waals surface area contributed by atoms with Crippen LogP contribution in [0.5, 0.6) is 5.75 Å². The predicted molar refractivity (Wildman–Crippen MR) is 211 cm³/mol. The van der Waals surface area contributed by atoms with Gasteiger partial charge in [-0.15, -0.1) is 0 Å². The van der Waals surface area contributed by atoms with E-state index in [0.717, 1.165) is 55.8 Å². The molecule has 1 atom stereocenters. The number of aldehydes is 1. The van der Waals surface area contributed by atoms with Gasteiger partial charge in [0.25, 0.3) is 5.91 Å². The molecule has 3 aliphatic rings. The Kier molecular flexibility index (Phi) is 11.6. The van der Waals surface area contributed by atoms with E-state index in [2.05, 4.69) is 72.5 Å². The van der Waals surface area contributed by atoms with E-state index in [0.29, 0.717) is 30.8 Å². The van der Waals surface area contributed by atoms with Crippen molar-refractivity contribution in [3.63, 3.8) is 0 Å². The van der Waals surface area contributed by atoms with Crippen LogP contribution in [-0.4, -0.2) is 78.4 Å². The molecule has 0 aromatic heterocycles. The van der Waals surface area contributed by atoms with Gasteiger partial charge in [0.15, 0.2) is 6.29 Å². The molecule has 1 saturated carbocycles. The number of benzene rings is 3. The molecule has 0 bridgehead atoms. The number of likely N-dealkylation sites (tertiary alicyclic amines) is 1. The third-order valence-corrected chi connectivity index (χ3v) is 10.7. The first kappa shape index (κ1) is 37.3. The van der Waals surface area contributed by atoms with Gasteiger partial charge in [-0.2, -0.15) is 0 Å². The highest BCUT2D eigenvalue weighted by Crippen LogP contribution is 2.34. The Morgan fingerprint density at radius 2 is 1.72 bits per heavy atom. The van der Waals surface area contributed by atoms with Crippen molar-refractivity contribution in [1.82, 2.24) is 15.1 Å². The lowest BCUT2D eigenvalue weighted by molar-refractivity contribution is -0.125. The average molecular weight is 715 g/mol. The van der Waals surface area contributed by atoms with Gasteiger partial charge in [0, 0.05) is 67.6 Å². The lowest BCUT2D eigenvalue weighted by Crippen LogP contribution is -2.50. The number of aliphatic imine (C=N–C) groups is 1. The summed E-state index contributed by atoms with van der Waals surface area (Å²) in [6.07, 6.45) is 12.5. The Morgan fingerprint density at radius 3 is 2.38 bits per heavy atom. The number of likely N-dealkylation sites (N-methyl/N-ethyl adjacent to an activating group) is 1. The molecule has 3 N–H and O–H groups in total. The number of rotatable bonds is 11. The van der Waals surface area contributed by atoms with Crippen LogP contribution in [0.4, 0.5) is 5.69 Å². The van der Waals surface area contributed by atoms with Crippen LogP contribution in [0.3, 0.4) is 0 Å². The largest absolute Gasteiger partial charge is 0.490 e. The number of amides is 2. The SMILES string of the molecule is C=C1CCC(N(C)C(=O)c2cc(NC3CC(Oc4ccc(C(C)(C)c5ccc(/C=C/C=NC(=N)N6CCCCC6)cc5)cc4)C3)ccc2C=O)C(=O)N1. The summed E-state index contributed by atoms with van der Waals surface area (Å²) in [6.45, 7) is 10.1. The third-order valence-electron chi connectivity index (χ3n) is 10.7. The van der Waals surface area contributed by atoms with Gasteiger partial charge >= 0.3 is 0 Å². The van der Waals surface area contributed by atoms with Crippen LogP contribution in [0, 0.1) is 5.41 Å². The van der Waals surface area contributed by atoms with Crippen LogP contribution in [-0.2, 0) is 10.2 Å². The third kappa shape index (κ3) is 8.93. The second-order valence-electron chi connectivity index (χ2n) is 14.8. The maximum Gasteiger partial charge on any atom is 0.255 e. The molecule has 0 spiro atoms. The van der Waals surface area contributed by atoms with E-state index in [1.807, 2.05) is 29.2 Å². The molecule has 2 saturated heterocycles. The molecule has 10 nitrogen and oxygen atoms in total. The van der Waals surface area contributed by atoms with Crippen molar-refractivity contribution in [2.45, 2.75) is 82.4 Å². The van der Waals surface area contributed by atoms with E-state index in [4.69, 9.17) is 10.1 Å². The quantitative estimate of drug-likeness (QED) is 0.109.